The predicted molar refractivity (Wildman–Crippen MR) is 109 cm³/mol. The highest BCUT2D eigenvalue weighted by Crippen LogP contribution is 2.31. The van der Waals surface area contributed by atoms with E-state index in [1.807, 2.05) is 0 Å². The molecule has 1 heterocycles. The van der Waals surface area contributed by atoms with E-state index in [9.17, 15) is 26.3 Å². The number of hydrogen-bond acceptors (Lipinski definition) is 1. The minimum Gasteiger partial charge on any atom is -0.654 e. The highest BCUT2D eigenvalue weighted by atomic mass is 35.6. The van der Waals surface area contributed by atoms with Crippen LogP contribution in [0.25, 0.3) is 0 Å². The van der Waals surface area contributed by atoms with Gasteiger partial charge in [-0.2, -0.15) is 26.3 Å². The number of alkyl halides is 9. The molecule has 2 aromatic carbocycles. The van der Waals surface area contributed by atoms with Gasteiger partial charge in [0, 0.05) is 6.08 Å². The van der Waals surface area contributed by atoms with Crippen LogP contribution in [0, 0.1) is 0 Å². The molecule has 2 aromatic rings. The normalized spacial score (nSPS) is 17.0. The Labute approximate surface area is 188 Å². The Morgan fingerprint density at radius 1 is 0.742 bits per heavy atom. The van der Waals surface area contributed by atoms with Crippen molar-refractivity contribution in [1.29, 1.82) is 0 Å². The SMILES string of the molecule is CC1=CC(C(Cl)(Cl)Cl)=[NH+][B-](c2ccc(C(F)(F)F)cc2)(c2ccc(C(F)(F)F)cc2)O1. The van der Waals surface area contributed by atoms with E-state index in [-0.39, 0.29) is 22.4 Å². The molecule has 0 spiro atoms. The highest BCUT2D eigenvalue weighted by molar-refractivity contribution is 6.91. The number of hydrogen-bond donors (Lipinski definition) is 1. The van der Waals surface area contributed by atoms with Gasteiger partial charge in [0.25, 0.3) is 3.79 Å². The van der Waals surface area contributed by atoms with Crippen LogP contribution in [0.15, 0.2) is 60.4 Å². The molecule has 0 bridgehead atoms. The van der Waals surface area contributed by atoms with Crippen molar-refractivity contribution in [3.05, 3.63) is 71.5 Å². The standard InChI is InChI=1S/C19H13BCl3F6NO/c1-11-10-16(17(21,22)23)30-20(31-11,14-6-2-12(3-7-14)18(24,25)26)15-8-4-13(5-9-15)19(27,28)29/h2-10,30H,1H3. The fourth-order valence-corrected chi connectivity index (χ4v) is 3.68. The molecule has 0 saturated carbocycles. The van der Waals surface area contributed by atoms with Gasteiger partial charge in [-0.3, -0.25) is 0 Å². The molecule has 0 saturated heterocycles. The van der Waals surface area contributed by atoms with Crippen molar-refractivity contribution in [3.63, 3.8) is 0 Å². The number of allylic oxidation sites excluding steroid dienone is 2. The van der Waals surface area contributed by atoms with E-state index < -0.39 is 33.8 Å². The molecule has 1 aliphatic heterocycles. The topological polar surface area (TPSA) is 23.2 Å². The van der Waals surface area contributed by atoms with Crippen LogP contribution in [0.2, 0.25) is 0 Å². The average molecular weight is 502 g/mol. The van der Waals surface area contributed by atoms with E-state index in [1.165, 1.54) is 37.3 Å². The van der Waals surface area contributed by atoms with Gasteiger partial charge in [0.15, 0.2) is 5.71 Å². The highest BCUT2D eigenvalue weighted by Gasteiger charge is 2.47. The van der Waals surface area contributed by atoms with Gasteiger partial charge < -0.3 is 9.56 Å². The summed E-state index contributed by atoms with van der Waals surface area (Å²) in [6, 6.07) is 8.05. The predicted octanol–water partition coefficient (Wildman–Crippen LogP) is 4.11. The van der Waals surface area contributed by atoms with Gasteiger partial charge in [0.1, 0.15) is 0 Å². The van der Waals surface area contributed by atoms with Crippen molar-refractivity contribution in [2.75, 3.05) is 0 Å². The Hall–Kier alpha value is -1.84. The summed E-state index contributed by atoms with van der Waals surface area (Å²) in [4.78, 5) is 2.91. The van der Waals surface area contributed by atoms with E-state index in [0.717, 1.165) is 24.3 Å². The Balaban J connectivity index is 2.22. The number of rotatable bonds is 2. The maximum absolute atomic E-state index is 13.0. The number of halogens is 9. The second-order valence-corrected chi connectivity index (χ2v) is 9.24. The molecule has 0 aromatic heterocycles. The lowest BCUT2D eigenvalue weighted by molar-refractivity contribution is -0.324. The van der Waals surface area contributed by atoms with Gasteiger partial charge in [0.2, 0.25) is 0 Å². The van der Waals surface area contributed by atoms with Crippen LogP contribution in [-0.4, -0.2) is 16.0 Å². The summed E-state index contributed by atoms with van der Waals surface area (Å²) in [5.41, 5.74) is -1.31. The second-order valence-electron chi connectivity index (χ2n) is 6.95. The summed E-state index contributed by atoms with van der Waals surface area (Å²) in [6.07, 6.45) is -7.75. The lowest BCUT2D eigenvalue weighted by Gasteiger charge is -2.37. The first-order valence-electron chi connectivity index (χ1n) is 8.73. The minimum atomic E-state index is -4.57. The second kappa shape index (κ2) is 7.94. The van der Waals surface area contributed by atoms with Crippen molar-refractivity contribution < 1.29 is 35.9 Å². The molecular weight excluding hydrogens is 489 g/mol. The van der Waals surface area contributed by atoms with Gasteiger partial charge in [-0.05, 0) is 6.92 Å². The molecule has 2 nitrogen and oxygen atoms in total. The lowest BCUT2D eigenvalue weighted by Crippen LogP contribution is -3.02. The summed E-state index contributed by atoms with van der Waals surface area (Å²) in [6.45, 7) is -1.08. The Kier molecular flexibility index (Phi) is 6.10. The lowest BCUT2D eigenvalue weighted by atomic mass is 9.42. The van der Waals surface area contributed by atoms with Crippen molar-refractivity contribution in [1.82, 2.24) is 0 Å². The zero-order chi connectivity index (χ0) is 23.2. The maximum Gasteiger partial charge on any atom is 0.506 e. The molecule has 166 valence electrons. The fraction of sp³-hybridized carbons (Fsp3) is 0.211. The monoisotopic (exact) mass is 501 g/mol. The maximum atomic E-state index is 13.0. The molecule has 0 amide bonds. The molecule has 1 N–H and O–H groups in total. The molecule has 31 heavy (non-hydrogen) atoms. The number of nitrogens with one attached hydrogen (secondary N) is 1. The van der Waals surface area contributed by atoms with E-state index in [1.54, 1.807) is 0 Å². The Morgan fingerprint density at radius 2 is 1.13 bits per heavy atom. The largest absolute Gasteiger partial charge is 0.654 e. The van der Waals surface area contributed by atoms with E-state index >= 15 is 0 Å². The summed E-state index contributed by atoms with van der Waals surface area (Å²) >= 11 is 18.0. The van der Waals surface area contributed by atoms with Crippen molar-refractivity contribution in [2.24, 2.45) is 0 Å². The summed E-state index contributed by atoms with van der Waals surface area (Å²) in [5, 5.41) is 0. The van der Waals surface area contributed by atoms with Crippen LogP contribution >= 0.6 is 34.8 Å². The molecule has 3 rings (SSSR count). The van der Waals surface area contributed by atoms with E-state index in [4.69, 9.17) is 39.5 Å². The van der Waals surface area contributed by atoms with Crippen LogP contribution in [0.3, 0.4) is 0 Å². The quantitative estimate of drug-likeness (QED) is 0.373. The smallest absolute Gasteiger partial charge is 0.506 e. The molecule has 0 aliphatic carbocycles. The van der Waals surface area contributed by atoms with Gasteiger partial charge in [-0.15, -0.1) is 0 Å². The third kappa shape index (κ3) is 4.99. The molecule has 0 atom stereocenters. The zero-order valence-corrected chi connectivity index (χ0v) is 17.9. The van der Waals surface area contributed by atoms with Gasteiger partial charge in [-0.1, -0.05) is 94.3 Å². The first kappa shape index (κ1) is 23.8. The van der Waals surface area contributed by atoms with Crippen LogP contribution in [0.4, 0.5) is 26.3 Å². The summed E-state index contributed by atoms with van der Waals surface area (Å²) < 4.78 is 82.0. The molecule has 0 unspecified atom stereocenters. The van der Waals surface area contributed by atoms with Crippen LogP contribution < -0.4 is 15.8 Å². The van der Waals surface area contributed by atoms with Crippen LogP contribution in [-0.2, 0) is 17.0 Å². The summed E-state index contributed by atoms with van der Waals surface area (Å²) in [5.74, 6) is 0.250. The van der Waals surface area contributed by atoms with E-state index in [0.29, 0.717) is 0 Å². The third-order valence-corrected chi connectivity index (χ3v) is 5.40. The van der Waals surface area contributed by atoms with Gasteiger partial charge in [-0.25, -0.2) is 0 Å². The van der Waals surface area contributed by atoms with Gasteiger partial charge >= 0.3 is 18.8 Å². The molecule has 0 fully saturated rings. The third-order valence-electron chi connectivity index (χ3n) is 4.79. The first-order valence-corrected chi connectivity index (χ1v) is 9.86. The van der Waals surface area contributed by atoms with Crippen molar-refractivity contribution in [3.8, 4) is 0 Å². The zero-order valence-electron chi connectivity index (χ0n) is 15.6. The number of benzene rings is 2. The van der Waals surface area contributed by atoms with Crippen LogP contribution in [0.5, 0.6) is 0 Å². The molecule has 1 aliphatic rings. The molecular formula is C19H13BCl3F6NO. The molecule has 12 heteroatoms. The van der Waals surface area contributed by atoms with E-state index in [2.05, 4.69) is 4.90 Å². The Morgan fingerprint density at radius 3 is 1.45 bits per heavy atom. The Bertz CT molecular complexity index is 968. The van der Waals surface area contributed by atoms with Crippen molar-refractivity contribution in [2.45, 2.75) is 23.1 Å². The summed E-state index contributed by atoms with van der Waals surface area (Å²) in [7, 11) is 0. The first-order chi connectivity index (χ1) is 14.1. The van der Waals surface area contributed by atoms with Gasteiger partial charge in [0.05, 0.1) is 16.9 Å². The average Bonchev–Trinajstić information content (AvgIpc) is 2.65. The van der Waals surface area contributed by atoms with Crippen molar-refractivity contribution >= 4 is 57.9 Å². The molecule has 0 radical (unpaired) electrons. The fourth-order valence-electron chi connectivity index (χ4n) is 3.35. The van der Waals surface area contributed by atoms with Crippen LogP contribution in [0.1, 0.15) is 18.1 Å². The minimum absolute atomic E-state index is 0.0565.